The summed E-state index contributed by atoms with van der Waals surface area (Å²) in [4.78, 5) is 40.0. The number of halogens is 2. The first-order chi connectivity index (χ1) is 14.8. The summed E-state index contributed by atoms with van der Waals surface area (Å²) < 4.78 is 42.4. The lowest BCUT2D eigenvalue weighted by molar-refractivity contribution is -0.121. The third-order valence-corrected chi connectivity index (χ3v) is 7.82. The number of amides is 1. The maximum Gasteiger partial charge on any atom is 0.483 e. The fourth-order valence-corrected chi connectivity index (χ4v) is 6.41. The van der Waals surface area contributed by atoms with E-state index in [0.717, 1.165) is 5.69 Å². The summed E-state index contributed by atoms with van der Waals surface area (Å²) in [6.45, 7) is 5.47. The topological polar surface area (TPSA) is 101 Å². The van der Waals surface area contributed by atoms with Crippen LogP contribution in [0.2, 0.25) is 0 Å². The molecule has 32 heavy (non-hydrogen) atoms. The third-order valence-electron chi connectivity index (χ3n) is 5.55. The largest absolute Gasteiger partial charge is 0.483 e. The Hall–Kier alpha value is -3.01. The number of ketones is 1. The van der Waals surface area contributed by atoms with Gasteiger partial charge in [0.1, 0.15) is 5.82 Å². The van der Waals surface area contributed by atoms with Gasteiger partial charge in [-0.25, -0.2) is 18.2 Å². The lowest BCUT2D eigenvalue weighted by atomic mass is 9.84. The van der Waals surface area contributed by atoms with Crippen LogP contribution in [0.15, 0.2) is 42.6 Å². The molecule has 7 nitrogen and oxygen atoms in total. The molecule has 0 aliphatic carbocycles. The van der Waals surface area contributed by atoms with Gasteiger partial charge in [0.15, 0.2) is 15.6 Å². The van der Waals surface area contributed by atoms with Crippen LogP contribution in [0.5, 0.6) is 0 Å². The van der Waals surface area contributed by atoms with E-state index in [1.54, 1.807) is 11.0 Å². The molecule has 1 saturated heterocycles. The minimum atomic E-state index is -3.01. The van der Waals surface area contributed by atoms with E-state index in [1.165, 1.54) is 6.20 Å². The molecule has 0 atom stereocenters. The maximum atomic E-state index is 13.1. The molecular formula is C22H22F2N2O5S. The third kappa shape index (κ3) is 4.59. The summed E-state index contributed by atoms with van der Waals surface area (Å²) in [5.74, 6) is 0.373. The number of carbonyl (C=O) groups excluding carboxylic acids is 3. The highest BCUT2D eigenvalue weighted by Gasteiger charge is 2.48. The van der Waals surface area contributed by atoms with Crippen LogP contribution in [-0.2, 0) is 20.0 Å². The van der Waals surface area contributed by atoms with E-state index in [0.29, 0.717) is 16.9 Å². The lowest BCUT2D eigenvalue weighted by Gasteiger charge is -2.37. The zero-order valence-electron chi connectivity index (χ0n) is 17.8. The van der Waals surface area contributed by atoms with Crippen molar-refractivity contribution in [2.75, 3.05) is 16.4 Å². The second-order valence-electron chi connectivity index (χ2n) is 8.86. The van der Waals surface area contributed by atoms with Crippen LogP contribution in [0, 0.1) is 5.41 Å². The average molecular weight is 464 g/mol. The number of hydrogen-bond donors (Lipinski definition) is 0. The Balaban J connectivity index is 0.000000668. The molecule has 1 aromatic carbocycles. The van der Waals surface area contributed by atoms with E-state index < -0.39 is 27.0 Å². The average Bonchev–Trinajstić information content (AvgIpc) is 2.86. The number of sulfone groups is 1. The van der Waals surface area contributed by atoms with Crippen LogP contribution in [0.3, 0.4) is 0 Å². The van der Waals surface area contributed by atoms with Crippen molar-refractivity contribution >= 4 is 39.3 Å². The number of para-hydroxylation sites is 1. The van der Waals surface area contributed by atoms with E-state index in [-0.39, 0.29) is 29.6 Å². The van der Waals surface area contributed by atoms with Gasteiger partial charge in [-0.15, -0.1) is 8.78 Å². The van der Waals surface area contributed by atoms with Gasteiger partial charge >= 0.3 is 6.29 Å². The molecule has 4 rings (SSSR count). The summed E-state index contributed by atoms with van der Waals surface area (Å²) in [6.07, 6.45) is -1.19. The fourth-order valence-electron chi connectivity index (χ4n) is 4.17. The molecule has 2 aliphatic rings. The van der Waals surface area contributed by atoms with Gasteiger partial charge in [0.25, 0.3) is 0 Å². The molecule has 2 aliphatic heterocycles. The summed E-state index contributed by atoms with van der Waals surface area (Å²) in [6, 6.07) is 11.0. The monoisotopic (exact) mass is 464 g/mol. The predicted octanol–water partition coefficient (Wildman–Crippen LogP) is 4.09. The number of aromatic nitrogens is 1. The van der Waals surface area contributed by atoms with Gasteiger partial charge in [0.05, 0.1) is 22.6 Å². The normalized spacial score (nSPS) is 19.3. The first kappa shape index (κ1) is 23.6. The zero-order valence-corrected chi connectivity index (χ0v) is 18.6. The molecule has 0 radical (unpaired) electrons. The van der Waals surface area contributed by atoms with Gasteiger partial charge in [-0.2, -0.15) is 0 Å². The second kappa shape index (κ2) is 8.16. The molecule has 1 amide bonds. The molecule has 0 saturated carbocycles. The maximum absolute atomic E-state index is 13.1. The summed E-state index contributed by atoms with van der Waals surface area (Å²) in [5, 5.41) is 0. The Morgan fingerprint density at radius 3 is 2.19 bits per heavy atom. The minimum Gasteiger partial charge on any atom is -0.294 e. The number of Topliss-reactive ketones (excluding diaryl/α,β-unsaturated/α-hetero) is 1. The zero-order chi connectivity index (χ0) is 23.9. The quantitative estimate of drug-likeness (QED) is 0.499. The van der Waals surface area contributed by atoms with E-state index in [9.17, 15) is 26.8 Å². The van der Waals surface area contributed by atoms with Crippen molar-refractivity contribution in [3.05, 3.63) is 53.7 Å². The van der Waals surface area contributed by atoms with Crippen LogP contribution in [0.1, 0.15) is 43.1 Å². The standard InChI is InChI=1S/C21H22N2O4S.CF2O/c1-20(2)16-9-14(17(24)10-21(3)12-28(26,27)13-21)11-22-18(16)23(19(20)25)15-7-5-4-6-8-15;2-1(3)4/h4-9,11H,10,12-13H2,1-3H3;. The number of carbonyl (C=O) groups is 3. The highest BCUT2D eigenvalue weighted by atomic mass is 32.2. The number of nitrogens with zero attached hydrogens (tertiary/aromatic N) is 2. The number of benzene rings is 1. The van der Waals surface area contributed by atoms with Crippen molar-refractivity contribution in [2.24, 2.45) is 5.41 Å². The van der Waals surface area contributed by atoms with Crippen molar-refractivity contribution in [3.63, 3.8) is 0 Å². The Bertz CT molecular complexity index is 1180. The Labute approximate surface area is 184 Å². The van der Waals surface area contributed by atoms with Crippen molar-refractivity contribution in [2.45, 2.75) is 32.6 Å². The summed E-state index contributed by atoms with van der Waals surface area (Å²) >= 11 is 0. The molecule has 3 heterocycles. The number of pyridine rings is 1. The van der Waals surface area contributed by atoms with E-state index in [4.69, 9.17) is 4.79 Å². The number of rotatable bonds is 4. The number of hydrogen-bond acceptors (Lipinski definition) is 6. The van der Waals surface area contributed by atoms with Crippen LogP contribution >= 0.6 is 0 Å². The second-order valence-corrected chi connectivity index (χ2v) is 10.9. The molecular weight excluding hydrogens is 442 g/mol. The molecule has 1 fully saturated rings. The molecule has 0 N–H and O–H groups in total. The van der Waals surface area contributed by atoms with Crippen molar-refractivity contribution < 1.29 is 31.6 Å². The lowest BCUT2D eigenvalue weighted by Crippen LogP contribution is -2.47. The molecule has 0 spiro atoms. The van der Waals surface area contributed by atoms with Gasteiger partial charge < -0.3 is 0 Å². The Morgan fingerprint density at radius 2 is 1.66 bits per heavy atom. The SMILES string of the molecule is CC1(CC(=O)c2cnc3c(c2)C(C)(C)C(=O)N3c2ccccc2)CS(=O)(=O)C1.O=C(F)F. The van der Waals surface area contributed by atoms with Gasteiger partial charge in [-0.05, 0) is 32.0 Å². The Morgan fingerprint density at radius 1 is 1.09 bits per heavy atom. The molecule has 2 aromatic rings. The van der Waals surface area contributed by atoms with E-state index in [2.05, 4.69) is 4.98 Å². The van der Waals surface area contributed by atoms with Crippen molar-refractivity contribution in [1.29, 1.82) is 0 Å². The van der Waals surface area contributed by atoms with Gasteiger partial charge in [0, 0.05) is 29.2 Å². The van der Waals surface area contributed by atoms with Gasteiger partial charge in [-0.3, -0.25) is 14.5 Å². The fraction of sp³-hybridized carbons (Fsp3) is 0.364. The van der Waals surface area contributed by atoms with E-state index in [1.807, 2.05) is 51.1 Å². The van der Waals surface area contributed by atoms with E-state index >= 15 is 0 Å². The smallest absolute Gasteiger partial charge is 0.294 e. The predicted molar refractivity (Wildman–Crippen MR) is 114 cm³/mol. The van der Waals surface area contributed by atoms with Gasteiger partial charge in [-0.1, -0.05) is 25.1 Å². The first-order valence-corrected chi connectivity index (χ1v) is 11.6. The summed E-state index contributed by atoms with van der Waals surface area (Å²) in [7, 11) is -3.01. The highest BCUT2D eigenvalue weighted by molar-refractivity contribution is 7.92. The van der Waals surface area contributed by atoms with Crippen LogP contribution in [0.25, 0.3) is 0 Å². The number of anilines is 2. The van der Waals surface area contributed by atoms with Crippen LogP contribution in [-0.4, -0.2) is 42.9 Å². The Kier molecular flexibility index (Phi) is 6.03. The molecule has 170 valence electrons. The molecule has 0 unspecified atom stereocenters. The van der Waals surface area contributed by atoms with Crippen LogP contribution in [0.4, 0.5) is 25.1 Å². The van der Waals surface area contributed by atoms with Gasteiger partial charge in [0.2, 0.25) is 5.91 Å². The van der Waals surface area contributed by atoms with Crippen molar-refractivity contribution in [3.8, 4) is 0 Å². The summed E-state index contributed by atoms with van der Waals surface area (Å²) in [5.41, 5.74) is 0.533. The minimum absolute atomic E-state index is 0.0376. The molecule has 10 heteroatoms. The highest BCUT2D eigenvalue weighted by Crippen LogP contribution is 2.44. The molecule has 1 aromatic heterocycles. The van der Waals surface area contributed by atoms with Crippen molar-refractivity contribution in [1.82, 2.24) is 4.98 Å². The molecule has 0 bridgehead atoms. The van der Waals surface area contributed by atoms with Crippen LogP contribution < -0.4 is 4.90 Å². The first-order valence-electron chi connectivity index (χ1n) is 9.74. The number of fused-ring (bicyclic) bond motifs is 1.